The number of aromatic nitrogens is 2. The largest absolute Gasteiger partial charge is 0.439 e. The number of benzene rings is 1. The van der Waals surface area contributed by atoms with Crippen LogP contribution in [0.4, 0.5) is 37.0 Å². The number of halogens is 7. The fraction of sp³-hybridized carbons (Fsp3) is 0.577. The molecule has 2 heterocycles. The second-order valence-electron chi connectivity index (χ2n) is 10.0. The molecule has 0 N–H and O–H groups in total. The lowest BCUT2D eigenvalue weighted by Gasteiger charge is -2.31. The monoisotopic (exact) mass is 622 g/mol. The van der Waals surface area contributed by atoms with Crippen molar-refractivity contribution in [3.05, 3.63) is 51.4 Å². The first-order valence-corrected chi connectivity index (χ1v) is 13.6. The first-order valence-electron chi connectivity index (χ1n) is 12.8. The Morgan fingerprint density at radius 1 is 1.05 bits per heavy atom. The maximum atomic E-state index is 13.4. The van der Waals surface area contributed by atoms with E-state index in [0.29, 0.717) is 40.7 Å². The molecule has 0 radical (unpaired) electrons. The van der Waals surface area contributed by atoms with Gasteiger partial charge in [-0.3, -0.25) is 4.90 Å². The summed E-state index contributed by atoms with van der Waals surface area (Å²) in [5.74, 6) is 1.08. The lowest BCUT2D eigenvalue weighted by atomic mass is 9.89. The van der Waals surface area contributed by atoms with Crippen molar-refractivity contribution in [2.45, 2.75) is 77.0 Å². The molecule has 1 aliphatic heterocycles. The average molecular weight is 623 g/mol. The topological polar surface area (TPSA) is 58.6 Å². The summed E-state index contributed by atoms with van der Waals surface area (Å²) in [5, 5.41) is 0. The van der Waals surface area contributed by atoms with Crippen molar-refractivity contribution in [1.29, 1.82) is 0 Å². The third-order valence-electron chi connectivity index (χ3n) is 7.33. The predicted molar refractivity (Wildman–Crippen MR) is 135 cm³/mol. The third-order valence-corrected chi connectivity index (χ3v) is 7.71. The predicted octanol–water partition coefficient (Wildman–Crippen LogP) is 7.77. The van der Waals surface area contributed by atoms with E-state index in [1.54, 1.807) is 6.20 Å². The molecule has 1 saturated heterocycles. The summed E-state index contributed by atoms with van der Waals surface area (Å²) in [6, 6.07) is 0.378. The Kier molecular flexibility index (Phi) is 8.67. The zero-order valence-corrected chi connectivity index (χ0v) is 23.0. The van der Waals surface area contributed by atoms with Gasteiger partial charge >= 0.3 is 18.4 Å². The molecule has 1 saturated carbocycles. The summed E-state index contributed by atoms with van der Waals surface area (Å²) in [6.07, 6.45) is -4.87. The highest BCUT2D eigenvalue weighted by Crippen LogP contribution is 2.41. The van der Waals surface area contributed by atoms with Crippen LogP contribution in [0, 0.1) is 5.92 Å². The molecule has 2 atom stereocenters. The van der Waals surface area contributed by atoms with Crippen molar-refractivity contribution < 1.29 is 35.9 Å². The van der Waals surface area contributed by atoms with E-state index < -0.39 is 41.7 Å². The van der Waals surface area contributed by atoms with E-state index in [1.807, 2.05) is 6.92 Å². The van der Waals surface area contributed by atoms with Crippen LogP contribution in [0.25, 0.3) is 0 Å². The Bertz CT molecular complexity index is 1150. The summed E-state index contributed by atoms with van der Waals surface area (Å²) in [6.45, 7) is 4.85. The van der Waals surface area contributed by atoms with Crippen LogP contribution in [-0.2, 0) is 23.6 Å². The van der Waals surface area contributed by atoms with E-state index in [-0.39, 0.29) is 18.2 Å². The summed E-state index contributed by atoms with van der Waals surface area (Å²) in [7, 11) is 0. The standard InChI is InChI=1S/C26H29BrF6N4O2/c1-3-36(13-16-7-5-4-6-8-16)23-20(35-21(27)12-34-23)14-37-15(2)22(39-24(37)38)17-9-18(25(28,29)30)11-19(10-17)26(31,32)33/h9-12,15-16,22H,3-8,13-14H2,1-2H3. The van der Waals surface area contributed by atoms with Gasteiger partial charge in [0.25, 0.3) is 0 Å². The minimum atomic E-state index is -5.01. The van der Waals surface area contributed by atoms with Crippen LogP contribution in [0.1, 0.15) is 74.4 Å². The molecule has 13 heteroatoms. The number of carbonyl (C=O) groups is 1. The molecule has 39 heavy (non-hydrogen) atoms. The molecule has 2 aliphatic rings. The quantitative estimate of drug-likeness (QED) is 0.295. The number of cyclic esters (lactones) is 1. The molecule has 0 bridgehead atoms. The fourth-order valence-electron chi connectivity index (χ4n) is 5.28. The van der Waals surface area contributed by atoms with Crippen LogP contribution in [0.15, 0.2) is 29.0 Å². The lowest BCUT2D eigenvalue weighted by molar-refractivity contribution is -0.143. The molecule has 1 amide bonds. The summed E-state index contributed by atoms with van der Waals surface area (Å²) in [5.41, 5.74) is -2.86. The number of alkyl halides is 6. The van der Waals surface area contributed by atoms with Crippen molar-refractivity contribution in [1.82, 2.24) is 14.9 Å². The van der Waals surface area contributed by atoms with Crippen molar-refractivity contribution in [2.75, 3.05) is 18.0 Å². The van der Waals surface area contributed by atoms with Crippen molar-refractivity contribution in [3.8, 4) is 0 Å². The Morgan fingerprint density at radius 3 is 2.23 bits per heavy atom. The van der Waals surface area contributed by atoms with Gasteiger partial charge in [-0.2, -0.15) is 26.3 Å². The zero-order chi connectivity index (χ0) is 28.5. The van der Waals surface area contributed by atoms with Gasteiger partial charge in [-0.05, 0) is 72.3 Å². The summed E-state index contributed by atoms with van der Waals surface area (Å²) >= 11 is 3.31. The Labute approximate surface area is 230 Å². The highest BCUT2D eigenvalue weighted by Gasteiger charge is 2.43. The van der Waals surface area contributed by atoms with Crippen LogP contribution < -0.4 is 4.90 Å². The zero-order valence-electron chi connectivity index (χ0n) is 21.4. The number of hydrogen-bond donors (Lipinski definition) is 0. The molecular formula is C26H29BrF6N4O2. The van der Waals surface area contributed by atoms with Gasteiger partial charge in [0.1, 0.15) is 16.4 Å². The Morgan fingerprint density at radius 2 is 1.67 bits per heavy atom. The molecule has 214 valence electrons. The van der Waals surface area contributed by atoms with Crippen LogP contribution in [0.3, 0.4) is 0 Å². The van der Waals surface area contributed by atoms with Crippen LogP contribution in [0.5, 0.6) is 0 Å². The van der Waals surface area contributed by atoms with E-state index in [4.69, 9.17) is 4.74 Å². The second kappa shape index (κ2) is 11.5. The number of rotatable bonds is 7. The van der Waals surface area contributed by atoms with Gasteiger partial charge in [-0.15, -0.1) is 0 Å². The maximum Gasteiger partial charge on any atom is 0.416 e. The molecule has 0 spiro atoms. The van der Waals surface area contributed by atoms with E-state index in [2.05, 4.69) is 30.8 Å². The van der Waals surface area contributed by atoms with Gasteiger partial charge in [0.2, 0.25) is 0 Å². The molecule has 4 rings (SSSR count). The average Bonchev–Trinajstić information content (AvgIpc) is 3.15. The molecule has 1 aromatic heterocycles. The van der Waals surface area contributed by atoms with Gasteiger partial charge in [-0.1, -0.05) is 19.3 Å². The smallest absolute Gasteiger partial charge is 0.416 e. The van der Waals surface area contributed by atoms with Crippen molar-refractivity contribution >= 4 is 27.8 Å². The van der Waals surface area contributed by atoms with Gasteiger partial charge in [0, 0.05) is 13.1 Å². The third kappa shape index (κ3) is 6.78. The number of ether oxygens (including phenoxy) is 1. The molecule has 2 aromatic rings. The Hall–Kier alpha value is -2.57. The molecule has 2 fully saturated rings. The molecular weight excluding hydrogens is 594 g/mol. The van der Waals surface area contributed by atoms with Crippen LogP contribution in [-0.4, -0.2) is 40.1 Å². The van der Waals surface area contributed by atoms with Crippen molar-refractivity contribution in [2.24, 2.45) is 5.92 Å². The lowest BCUT2D eigenvalue weighted by Crippen LogP contribution is -2.35. The van der Waals surface area contributed by atoms with Crippen molar-refractivity contribution in [3.63, 3.8) is 0 Å². The van der Waals surface area contributed by atoms with Gasteiger partial charge in [-0.25, -0.2) is 14.8 Å². The molecule has 2 unspecified atom stereocenters. The minimum Gasteiger partial charge on any atom is -0.439 e. The fourth-order valence-corrected chi connectivity index (χ4v) is 5.59. The van der Waals surface area contributed by atoms with E-state index >= 15 is 0 Å². The number of anilines is 1. The van der Waals surface area contributed by atoms with Crippen LogP contribution >= 0.6 is 15.9 Å². The van der Waals surface area contributed by atoms with E-state index in [1.165, 1.54) is 31.1 Å². The number of amides is 1. The highest BCUT2D eigenvalue weighted by atomic mass is 79.9. The normalized spacial score (nSPS) is 20.8. The number of nitrogens with zero attached hydrogens (tertiary/aromatic N) is 4. The maximum absolute atomic E-state index is 13.4. The highest BCUT2D eigenvalue weighted by molar-refractivity contribution is 9.10. The van der Waals surface area contributed by atoms with Gasteiger partial charge in [0.05, 0.1) is 29.9 Å². The number of carbonyl (C=O) groups excluding carboxylic acids is 1. The first-order chi connectivity index (χ1) is 18.3. The Balaban J connectivity index is 1.62. The number of hydrogen-bond acceptors (Lipinski definition) is 5. The minimum absolute atomic E-state index is 0.0533. The second-order valence-corrected chi connectivity index (χ2v) is 10.8. The summed E-state index contributed by atoms with van der Waals surface area (Å²) in [4.78, 5) is 25.3. The molecule has 1 aromatic carbocycles. The van der Waals surface area contributed by atoms with Gasteiger partial charge < -0.3 is 9.64 Å². The SMILES string of the molecule is CCN(CC1CCCCC1)c1ncc(Br)nc1CN1C(=O)OC(c2cc(C(F)(F)F)cc(C(F)(F)F)c2)C1C. The summed E-state index contributed by atoms with van der Waals surface area (Å²) < 4.78 is 86.2. The van der Waals surface area contributed by atoms with E-state index in [0.717, 1.165) is 19.4 Å². The first kappa shape index (κ1) is 29.4. The van der Waals surface area contributed by atoms with Crippen LogP contribution in [0.2, 0.25) is 0 Å². The van der Waals surface area contributed by atoms with Gasteiger partial charge in [0.15, 0.2) is 5.82 Å². The van der Waals surface area contributed by atoms with E-state index in [9.17, 15) is 31.1 Å². The molecule has 1 aliphatic carbocycles. The molecule has 6 nitrogen and oxygen atoms in total.